The number of hydrogen-bond donors (Lipinski definition) is 0. The van der Waals surface area contributed by atoms with E-state index in [1.54, 1.807) is 0 Å². The Morgan fingerprint density at radius 1 is 0.742 bits per heavy atom. The number of carbonyl (C=O) groups excluding carboxylic acids is 1. The maximum Gasteiger partial charge on any atom is 0.253 e. The monoisotopic (exact) mass is 419 g/mol. The number of carbonyl (C=O) groups is 1. The van der Waals surface area contributed by atoms with E-state index in [9.17, 15) is 4.79 Å². The number of rotatable bonds is 4. The molecule has 0 N–H and O–H groups in total. The van der Waals surface area contributed by atoms with Crippen LogP contribution in [0.5, 0.6) is 0 Å². The quantitative estimate of drug-likeness (QED) is 0.754. The molecule has 1 aromatic carbocycles. The lowest BCUT2D eigenvalue weighted by Crippen LogP contribution is -2.47. The van der Waals surface area contributed by atoms with Crippen molar-refractivity contribution < 1.29 is 4.79 Å². The molecule has 0 bridgehead atoms. The Hall–Kier alpha value is -2.47. The van der Waals surface area contributed by atoms with Crippen molar-refractivity contribution in [3.63, 3.8) is 0 Å². The van der Waals surface area contributed by atoms with Crippen LogP contribution >= 0.6 is 0 Å². The largest absolute Gasteiger partial charge is 0.341 e. The molecule has 1 amide bonds. The minimum atomic E-state index is 0.142. The first kappa shape index (κ1) is 20.4. The van der Waals surface area contributed by atoms with Crippen LogP contribution in [0, 0.1) is 0 Å². The third-order valence-corrected chi connectivity index (χ3v) is 7.15. The van der Waals surface area contributed by atoms with Crippen molar-refractivity contribution in [3.05, 3.63) is 42.2 Å². The lowest BCUT2D eigenvalue weighted by Gasteiger charge is -2.40. The molecule has 31 heavy (non-hydrogen) atoms. The van der Waals surface area contributed by atoms with Crippen molar-refractivity contribution in [3.8, 4) is 11.1 Å². The van der Waals surface area contributed by atoms with E-state index >= 15 is 0 Å². The zero-order valence-electron chi connectivity index (χ0n) is 18.4. The van der Waals surface area contributed by atoms with Crippen molar-refractivity contribution in [2.24, 2.45) is 0 Å². The minimum absolute atomic E-state index is 0.142. The first-order chi connectivity index (χ1) is 15.3. The van der Waals surface area contributed by atoms with Crippen LogP contribution in [0.2, 0.25) is 0 Å². The maximum atomic E-state index is 12.5. The van der Waals surface area contributed by atoms with E-state index in [1.807, 2.05) is 41.6 Å². The minimum Gasteiger partial charge on any atom is -0.341 e. The zero-order chi connectivity index (χ0) is 21.0. The van der Waals surface area contributed by atoms with E-state index in [1.165, 1.54) is 45.2 Å². The number of anilines is 1. The van der Waals surface area contributed by atoms with Gasteiger partial charge in [0.2, 0.25) is 5.95 Å². The van der Waals surface area contributed by atoms with Crippen molar-refractivity contribution in [2.75, 3.05) is 44.2 Å². The molecule has 6 heteroatoms. The van der Waals surface area contributed by atoms with Crippen LogP contribution < -0.4 is 4.90 Å². The second kappa shape index (κ2) is 9.35. The number of aromatic nitrogens is 2. The smallest absolute Gasteiger partial charge is 0.253 e. The SMILES string of the molecule is O=C(c1ccc(-c2cnc(N3CCC(N4CCCCC4)CC3)nc2)cc1)N1CCCC1. The number of amides is 1. The van der Waals surface area contributed by atoms with E-state index in [4.69, 9.17) is 0 Å². The van der Waals surface area contributed by atoms with Gasteiger partial charge in [0.15, 0.2) is 0 Å². The number of nitrogens with zero attached hydrogens (tertiary/aromatic N) is 5. The summed E-state index contributed by atoms with van der Waals surface area (Å²) in [6, 6.07) is 8.60. The van der Waals surface area contributed by atoms with Gasteiger partial charge in [0.05, 0.1) is 0 Å². The molecule has 2 aromatic rings. The summed E-state index contributed by atoms with van der Waals surface area (Å²) in [7, 11) is 0. The Morgan fingerprint density at radius 3 is 2.00 bits per heavy atom. The summed E-state index contributed by atoms with van der Waals surface area (Å²) in [5.41, 5.74) is 2.81. The van der Waals surface area contributed by atoms with Gasteiger partial charge in [0, 0.05) is 55.7 Å². The van der Waals surface area contributed by atoms with Gasteiger partial charge in [0.1, 0.15) is 0 Å². The van der Waals surface area contributed by atoms with Gasteiger partial charge in [-0.15, -0.1) is 0 Å². The summed E-state index contributed by atoms with van der Waals surface area (Å²) in [4.78, 5) is 28.8. The highest BCUT2D eigenvalue weighted by Crippen LogP contribution is 2.25. The van der Waals surface area contributed by atoms with Crippen LogP contribution in [0.15, 0.2) is 36.7 Å². The highest BCUT2D eigenvalue weighted by molar-refractivity contribution is 5.94. The molecule has 0 atom stereocenters. The van der Waals surface area contributed by atoms with Crippen molar-refractivity contribution in [2.45, 2.75) is 51.0 Å². The van der Waals surface area contributed by atoms with Crippen molar-refractivity contribution in [1.82, 2.24) is 19.8 Å². The molecule has 0 saturated carbocycles. The van der Waals surface area contributed by atoms with Gasteiger partial charge in [-0.05, 0) is 69.3 Å². The molecule has 5 rings (SSSR count). The normalized spacial score (nSPS) is 20.9. The van der Waals surface area contributed by atoms with E-state index in [0.717, 1.165) is 67.7 Å². The fourth-order valence-electron chi connectivity index (χ4n) is 5.26. The Morgan fingerprint density at radius 2 is 1.35 bits per heavy atom. The number of likely N-dealkylation sites (tertiary alicyclic amines) is 2. The van der Waals surface area contributed by atoms with Gasteiger partial charge in [-0.25, -0.2) is 9.97 Å². The van der Waals surface area contributed by atoms with Crippen molar-refractivity contribution in [1.29, 1.82) is 0 Å². The second-order valence-electron chi connectivity index (χ2n) is 9.16. The van der Waals surface area contributed by atoms with Gasteiger partial charge in [-0.2, -0.15) is 0 Å². The maximum absolute atomic E-state index is 12.5. The Bertz CT molecular complexity index is 862. The van der Waals surface area contributed by atoms with E-state index in [-0.39, 0.29) is 5.91 Å². The first-order valence-electron chi connectivity index (χ1n) is 12.0. The van der Waals surface area contributed by atoms with Gasteiger partial charge >= 0.3 is 0 Å². The van der Waals surface area contributed by atoms with Crippen LogP contribution in [0.25, 0.3) is 11.1 Å². The lowest BCUT2D eigenvalue weighted by atomic mass is 10.00. The Labute approximate surface area is 185 Å². The molecule has 3 fully saturated rings. The van der Waals surface area contributed by atoms with Crippen LogP contribution in [-0.2, 0) is 0 Å². The third kappa shape index (κ3) is 4.59. The summed E-state index contributed by atoms with van der Waals surface area (Å²) in [6.45, 7) is 6.38. The average Bonchev–Trinajstić information content (AvgIpc) is 3.40. The summed E-state index contributed by atoms with van der Waals surface area (Å²) in [6.07, 6.45) is 12.6. The fourth-order valence-corrected chi connectivity index (χ4v) is 5.26. The molecule has 4 heterocycles. The van der Waals surface area contributed by atoms with E-state index in [2.05, 4.69) is 19.8 Å². The molecule has 3 saturated heterocycles. The second-order valence-corrected chi connectivity index (χ2v) is 9.16. The molecule has 1 aromatic heterocycles. The number of benzene rings is 1. The predicted octanol–water partition coefficient (Wildman–Crippen LogP) is 3.83. The molecule has 0 aliphatic carbocycles. The highest BCUT2D eigenvalue weighted by Gasteiger charge is 2.26. The average molecular weight is 420 g/mol. The predicted molar refractivity (Wildman–Crippen MR) is 123 cm³/mol. The molecule has 164 valence electrons. The molecule has 0 radical (unpaired) electrons. The molecule has 0 spiro atoms. The third-order valence-electron chi connectivity index (χ3n) is 7.15. The molecule has 6 nitrogen and oxygen atoms in total. The van der Waals surface area contributed by atoms with E-state index < -0.39 is 0 Å². The zero-order valence-corrected chi connectivity index (χ0v) is 18.4. The standard InChI is InChI=1S/C25H33N5O/c31-24(29-14-4-5-15-29)21-8-6-20(7-9-21)22-18-26-25(27-19-22)30-16-10-23(11-17-30)28-12-2-1-3-13-28/h6-9,18-19,23H,1-5,10-17H2. The Balaban J connectivity index is 1.19. The molecule has 3 aliphatic heterocycles. The molecular formula is C25H33N5O. The van der Waals surface area contributed by atoms with Gasteiger partial charge in [0.25, 0.3) is 5.91 Å². The first-order valence-corrected chi connectivity index (χ1v) is 12.0. The van der Waals surface area contributed by atoms with Gasteiger partial charge in [-0.3, -0.25) is 4.79 Å². The van der Waals surface area contributed by atoms with Crippen LogP contribution in [-0.4, -0.2) is 71.0 Å². The van der Waals surface area contributed by atoms with Crippen molar-refractivity contribution >= 4 is 11.9 Å². The van der Waals surface area contributed by atoms with Gasteiger partial charge < -0.3 is 14.7 Å². The molecular weight excluding hydrogens is 386 g/mol. The number of piperidine rings is 2. The van der Waals surface area contributed by atoms with Crippen LogP contribution in [0.3, 0.4) is 0 Å². The summed E-state index contributed by atoms with van der Waals surface area (Å²) < 4.78 is 0. The summed E-state index contributed by atoms with van der Waals surface area (Å²) >= 11 is 0. The Kier molecular flexibility index (Phi) is 6.16. The lowest BCUT2D eigenvalue weighted by molar-refractivity contribution is 0.0793. The highest BCUT2D eigenvalue weighted by atomic mass is 16.2. The topological polar surface area (TPSA) is 52.6 Å². The fraction of sp³-hybridized carbons (Fsp3) is 0.560. The summed E-state index contributed by atoms with van der Waals surface area (Å²) in [5, 5.41) is 0. The van der Waals surface area contributed by atoms with Crippen LogP contribution in [0.4, 0.5) is 5.95 Å². The van der Waals surface area contributed by atoms with Gasteiger partial charge in [-0.1, -0.05) is 18.6 Å². The van der Waals surface area contributed by atoms with Crippen LogP contribution in [0.1, 0.15) is 55.3 Å². The number of hydrogen-bond acceptors (Lipinski definition) is 5. The van der Waals surface area contributed by atoms with E-state index in [0.29, 0.717) is 0 Å². The molecule has 3 aliphatic rings. The summed E-state index contributed by atoms with van der Waals surface area (Å²) in [5.74, 6) is 0.977. The molecule has 0 unspecified atom stereocenters.